The number of para-hydroxylation sites is 2. The molecule has 0 bridgehead atoms. The Kier molecular flexibility index (Phi) is 5.84. The molecular weight excluding hydrogens is 412 g/mol. The van der Waals surface area contributed by atoms with E-state index >= 15 is 0 Å². The highest BCUT2D eigenvalue weighted by atomic mass is 32.2. The molecule has 0 saturated carbocycles. The van der Waals surface area contributed by atoms with Gasteiger partial charge < -0.3 is 19.3 Å². The molecule has 3 aromatic rings. The van der Waals surface area contributed by atoms with E-state index in [1.165, 1.54) is 19.2 Å². The summed E-state index contributed by atoms with van der Waals surface area (Å²) in [6.45, 7) is 1.83. The molecule has 0 radical (unpaired) electrons. The van der Waals surface area contributed by atoms with Crippen molar-refractivity contribution in [2.45, 2.75) is 0 Å². The van der Waals surface area contributed by atoms with Crippen molar-refractivity contribution in [3.8, 4) is 5.88 Å². The lowest BCUT2D eigenvalue weighted by Crippen LogP contribution is -2.48. The summed E-state index contributed by atoms with van der Waals surface area (Å²) in [5.74, 6) is -0.572. The fourth-order valence-corrected chi connectivity index (χ4v) is 3.85. The molecule has 0 aliphatic carbocycles. The van der Waals surface area contributed by atoms with Crippen LogP contribution in [0.15, 0.2) is 42.5 Å². The molecule has 10 heteroatoms. The van der Waals surface area contributed by atoms with Crippen LogP contribution in [0.2, 0.25) is 0 Å². The molecule has 7 nitrogen and oxygen atoms in total. The monoisotopic (exact) mass is 431 g/mol. The van der Waals surface area contributed by atoms with E-state index in [0.717, 1.165) is 18.0 Å². The van der Waals surface area contributed by atoms with Gasteiger partial charge in [-0.25, -0.2) is 18.7 Å². The quantitative estimate of drug-likeness (QED) is 0.628. The summed E-state index contributed by atoms with van der Waals surface area (Å²) in [5.41, 5.74) is 1.85. The van der Waals surface area contributed by atoms with Gasteiger partial charge in [-0.2, -0.15) is 0 Å². The third-order valence-electron chi connectivity index (χ3n) is 4.72. The number of hydrogen-bond donors (Lipinski definition) is 1. The van der Waals surface area contributed by atoms with Gasteiger partial charge in [-0.15, -0.1) is 0 Å². The minimum Gasteiger partial charge on any atom is -0.478 e. The Balaban J connectivity index is 1.37. The maximum Gasteiger partial charge on any atom is 0.302 e. The van der Waals surface area contributed by atoms with Crippen LogP contribution in [0.4, 0.5) is 25.1 Å². The highest BCUT2D eigenvalue weighted by Gasteiger charge is 2.23. The van der Waals surface area contributed by atoms with Crippen molar-refractivity contribution in [3.05, 3.63) is 54.1 Å². The van der Waals surface area contributed by atoms with Gasteiger partial charge in [-0.1, -0.05) is 12.1 Å². The van der Waals surface area contributed by atoms with Gasteiger partial charge >= 0.3 is 5.24 Å². The number of benzene rings is 2. The summed E-state index contributed by atoms with van der Waals surface area (Å²) in [5, 5.41) is -0.183. The Bertz CT molecular complexity index is 1060. The minimum atomic E-state index is -0.617. The number of hydrogen-bond acceptors (Lipinski definition) is 7. The Morgan fingerprint density at radius 3 is 2.30 bits per heavy atom. The maximum absolute atomic E-state index is 13.4. The fraction of sp³-hybridized carbons (Fsp3) is 0.250. The van der Waals surface area contributed by atoms with Crippen LogP contribution < -0.4 is 14.4 Å². The number of carbonyl (C=O) groups excluding carboxylic acids is 1. The molecule has 30 heavy (non-hydrogen) atoms. The number of halogens is 2. The largest absolute Gasteiger partial charge is 0.478 e. The van der Waals surface area contributed by atoms with Crippen molar-refractivity contribution in [1.82, 2.24) is 14.9 Å². The molecule has 0 atom stereocenters. The van der Waals surface area contributed by atoms with Gasteiger partial charge in [-0.3, -0.25) is 4.79 Å². The number of carbonyl (C=O) groups is 1. The summed E-state index contributed by atoms with van der Waals surface area (Å²) in [7, 11) is 1.49. The molecule has 1 aliphatic heterocycles. The molecule has 2 heterocycles. The lowest BCUT2D eigenvalue weighted by molar-refractivity contribution is 0.219. The molecule has 1 N–H and O–H groups in total. The van der Waals surface area contributed by atoms with E-state index in [1.54, 1.807) is 4.90 Å². The van der Waals surface area contributed by atoms with Crippen molar-refractivity contribution >= 4 is 39.7 Å². The number of rotatable bonds is 4. The van der Waals surface area contributed by atoms with Crippen LogP contribution in [0.25, 0.3) is 11.0 Å². The van der Waals surface area contributed by atoms with Gasteiger partial charge in [0, 0.05) is 49.9 Å². The number of fused-ring (bicyclic) bond motifs is 1. The minimum absolute atomic E-state index is 0.183. The highest BCUT2D eigenvalue weighted by molar-refractivity contribution is 8.14. The van der Waals surface area contributed by atoms with Crippen LogP contribution in [-0.2, 0) is 0 Å². The van der Waals surface area contributed by atoms with E-state index in [-0.39, 0.29) is 5.24 Å². The Morgan fingerprint density at radius 1 is 1.03 bits per heavy atom. The van der Waals surface area contributed by atoms with Crippen LogP contribution in [-0.4, -0.2) is 53.4 Å². The molecule has 1 saturated heterocycles. The summed E-state index contributed by atoms with van der Waals surface area (Å²) in [4.78, 5) is 25.0. The number of piperazine rings is 1. The second-order valence-electron chi connectivity index (χ2n) is 6.64. The second-order valence-corrected chi connectivity index (χ2v) is 7.40. The predicted molar refractivity (Wildman–Crippen MR) is 113 cm³/mol. The Labute approximate surface area is 176 Å². The number of nitrogens with one attached hydrogen (secondary N) is 1. The first-order valence-corrected chi connectivity index (χ1v) is 10.1. The standard InChI is InChI=1S/C20H19F2N5O2S/c1-29-19-18(23-16-4-2-3-5-17(16)24-19)25-30-20(28)27-8-6-26(7-9-27)15-11-13(21)10-14(22)12-15/h2-5,10-12H,6-9H2,1H3,(H,23,25). The molecule has 1 aliphatic rings. The lowest BCUT2D eigenvalue weighted by Gasteiger charge is -2.35. The lowest BCUT2D eigenvalue weighted by atomic mass is 10.2. The van der Waals surface area contributed by atoms with Crippen LogP contribution in [0, 0.1) is 11.6 Å². The van der Waals surface area contributed by atoms with E-state index in [0.29, 0.717) is 54.6 Å². The van der Waals surface area contributed by atoms with Gasteiger partial charge in [0.1, 0.15) is 11.6 Å². The first-order valence-electron chi connectivity index (χ1n) is 9.27. The summed E-state index contributed by atoms with van der Waals surface area (Å²) in [6.07, 6.45) is 0. The number of aromatic nitrogens is 2. The molecule has 0 spiro atoms. The average Bonchev–Trinajstić information content (AvgIpc) is 2.76. The normalized spacial score (nSPS) is 14.1. The molecule has 1 aromatic heterocycles. The number of nitrogens with zero attached hydrogens (tertiary/aromatic N) is 4. The summed E-state index contributed by atoms with van der Waals surface area (Å²) >= 11 is 0.892. The molecule has 4 rings (SSSR count). The molecular formula is C20H19F2N5O2S. The highest BCUT2D eigenvalue weighted by Crippen LogP contribution is 2.26. The van der Waals surface area contributed by atoms with Crippen molar-refractivity contribution in [1.29, 1.82) is 0 Å². The Morgan fingerprint density at radius 2 is 1.67 bits per heavy atom. The first kappa shape index (κ1) is 20.1. The van der Waals surface area contributed by atoms with Crippen LogP contribution >= 0.6 is 11.9 Å². The molecule has 0 unspecified atom stereocenters. The van der Waals surface area contributed by atoms with Crippen LogP contribution in [0.3, 0.4) is 0 Å². The predicted octanol–water partition coefficient (Wildman–Crippen LogP) is 3.92. The van der Waals surface area contributed by atoms with Gasteiger partial charge in [0.25, 0.3) is 5.88 Å². The smallest absolute Gasteiger partial charge is 0.302 e. The van der Waals surface area contributed by atoms with Gasteiger partial charge in [0.05, 0.1) is 18.1 Å². The molecule has 1 fully saturated rings. The molecule has 156 valence electrons. The van der Waals surface area contributed by atoms with E-state index in [9.17, 15) is 13.6 Å². The van der Waals surface area contributed by atoms with E-state index in [2.05, 4.69) is 14.7 Å². The van der Waals surface area contributed by atoms with Crippen molar-refractivity contribution in [2.75, 3.05) is 42.9 Å². The molecule has 2 aromatic carbocycles. The van der Waals surface area contributed by atoms with E-state index in [1.807, 2.05) is 29.2 Å². The van der Waals surface area contributed by atoms with Crippen LogP contribution in [0.1, 0.15) is 0 Å². The van der Waals surface area contributed by atoms with Crippen molar-refractivity contribution in [2.24, 2.45) is 0 Å². The van der Waals surface area contributed by atoms with E-state index in [4.69, 9.17) is 4.74 Å². The van der Waals surface area contributed by atoms with Crippen molar-refractivity contribution in [3.63, 3.8) is 0 Å². The molecule has 1 amide bonds. The first-order chi connectivity index (χ1) is 14.5. The zero-order valence-corrected chi connectivity index (χ0v) is 17.0. The number of ether oxygens (including phenoxy) is 1. The zero-order chi connectivity index (χ0) is 21.1. The van der Waals surface area contributed by atoms with E-state index < -0.39 is 11.6 Å². The Hall–Kier alpha value is -3.14. The van der Waals surface area contributed by atoms with Crippen LogP contribution in [0.5, 0.6) is 5.88 Å². The number of anilines is 2. The zero-order valence-electron chi connectivity index (χ0n) is 16.1. The summed E-state index contributed by atoms with van der Waals surface area (Å²) < 4.78 is 35.1. The fourth-order valence-electron chi connectivity index (χ4n) is 3.22. The van der Waals surface area contributed by atoms with Gasteiger partial charge in [-0.05, 0) is 24.3 Å². The summed E-state index contributed by atoms with van der Waals surface area (Å²) in [6, 6.07) is 10.8. The topological polar surface area (TPSA) is 70.6 Å². The third kappa shape index (κ3) is 4.38. The SMILES string of the molecule is COc1nc2ccccc2nc1NSC(=O)N1CCN(c2cc(F)cc(F)c2)CC1. The second kappa shape index (κ2) is 8.70. The average molecular weight is 431 g/mol. The van der Waals surface area contributed by atoms with Gasteiger partial charge in [0.2, 0.25) is 5.82 Å². The number of methoxy groups -OCH3 is 1. The maximum atomic E-state index is 13.4. The van der Waals surface area contributed by atoms with Gasteiger partial charge in [0.15, 0.2) is 0 Å². The van der Waals surface area contributed by atoms with Crippen molar-refractivity contribution < 1.29 is 18.3 Å². The number of amides is 1. The third-order valence-corrected chi connectivity index (χ3v) is 5.45.